The summed E-state index contributed by atoms with van der Waals surface area (Å²) in [5, 5.41) is 16.9. The van der Waals surface area contributed by atoms with Gasteiger partial charge in [0, 0.05) is 10.8 Å². The second kappa shape index (κ2) is 6.94. The summed E-state index contributed by atoms with van der Waals surface area (Å²) in [6.07, 6.45) is 0. The van der Waals surface area contributed by atoms with Crippen LogP contribution in [0.15, 0.2) is 58.6 Å². The summed E-state index contributed by atoms with van der Waals surface area (Å²) in [6.45, 7) is 0. The SMILES string of the molecule is [S-]c1[nH]nc2ccccc12.[S-]c1[nH]nc2ccccc12.[Zn+2]. The maximum absolute atomic E-state index is 4.97. The summed E-state index contributed by atoms with van der Waals surface area (Å²) >= 11 is 9.94. The van der Waals surface area contributed by atoms with Gasteiger partial charge in [0.15, 0.2) is 0 Å². The number of aromatic nitrogens is 4. The fraction of sp³-hybridized carbons (Fsp3) is 0. The van der Waals surface area contributed by atoms with Crippen LogP contribution in [0.3, 0.4) is 0 Å². The van der Waals surface area contributed by atoms with Gasteiger partial charge >= 0.3 is 19.5 Å². The molecule has 0 fully saturated rings. The Bertz CT molecular complexity index is 784. The monoisotopic (exact) mass is 362 g/mol. The van der Waals surface area contributed by atoms with Gasteiger partial charge in [-0.25, -0.2) is 0 Å². The second-order valence-corrected chi connectivity index (χ2v) is 4.96. The number of para-hydroxylation sites is 2. The smallest absolute Gasteiger partial charge is 0.760 e. The first-order valence-electron chi connectivity index (χ1n) is 5.96. The van der Waals surface area contributed by atoms with Crippen LogP contribution < -0.4 is 0 Å². The van der Waals surface area contributed by atoms with E-state index in [9.17, 15) is 0 Å². The first-order valence-corrected chi connectivity index (χ1v) is 6.77. The molecule has 0 aliphatic rings. The zero-order valence-corrected chi connectivity index (χ0v) is 15.6. The van der Waals surface area contributed by atoms with Crippen molar-refractivity contribution >= 4 is 47.1 Å². The van der Waals surface area contributed by atoms with Crippen LogP contribution in [0.2, 0.25) is 0 Å². The van der Waals surface area contributed by atoms with Crippen LogP contribution in [0, 0.1) is 0 Å². The third-order valence-electron chi connectivity index (χ3n) is 2.85. The van der Waals surface area contributed by atoms with Crippen molar-refractivity contribution in [2.24, 2.45) is 0 Å². The maximum atomic E-state index is 4.97. The maximum Gasteiger partial charge on any atom is 2.00 e. The topological polar surface area (TPSA) is 57.4 Å². The Morgan fingerprint density at radius 1 is 0.667 bits per heavy atom. The number of nitrogens with zero attached hydrogens (tertiary/aromatic N) is 2. The summed E-state index contributed by atoms with van der Waals surface area (Å²) in [4.78, 5) is 0. The van der Waals surface area contributed by atoms with Gasteiger partial charge in [-0.3, -0.25) is 0 Å². The number of hydrogen-bond donors (Lipinski definition) is 2. The van der Waals surface area contributed by atoms with Crippen molar-refractivity contribution < 1.29 is 19.5 Å². The van der Waals surface area contributed by atoms with Crippen molar-refractivity contribution in [2.75, 3.05) is 0 Å². The third kappa shape index (κ3) is 3.37. The Morgan fingerprint density at radius 3 is 1.43 bits per heavy atom. The van der Waals surface area contributed by atoms with Crippen LogP contribution in [0.25, 0.3) is 21.8 Å². The van der Waals surface area contributed by atoms with Crippen LogP contribution in [-0.2, 0) is 44.7 Å². The van der Waals surface area contributed by atoms with E-state index in [0.717, 1.165) is 31.9 Å². The summed E-state index contributed by atoms with van der Waals surface area (Å²) in [5.41, 5.74) is 1.88. The second-order valence-electron chi connectivity index (χ2n) is 4.14. The molecule has 0 bridgehead atoms. The number of aromatic amines is 2. The van der Waals surface area contributed by atoms with Gasteiger partial charge < -0.3 is 35.5 Å². The Morgan fingerprint density at radius 2 is 1.05 bits per heavy atom. The zero-order valence-electron chi connectivity index (χ0n) is 11.0. The van der Waals surface area contributed by atoms with Gasteiger partial charge in [0.05, 0.1) is 11.0 Å². The number of benzene rings is 2. The quantitative estimate of drug-likeness (QED) is 0.372. The Hall–Kier alpha value is -1.56. The van der Waals surface area contributed by atoms with E-state index >= 15 is 0 Å². The molecule has 0 aliphatic heterocycles. The van der Waals surface area contributed by atoms with E-state index in [1.54, 1.807) is 0 Å². The molecule has 2 heterocycles. The predicted octanol–water partition coefficient (Wildman–Crippen LogP) is 2.93. The molecule has 100 valence electrons. The van der Waals surface area contributed by atoms with Crippen LogP contribution in [0.1, 0.15) is 0 Å². The van der Waals surface area contributed by atoms with Crippen molar-refractivity contribution in [3.05, 3.63) is 48.5 Å². The number of nitrogens with one attached hydrogen (secondary N) is 2. The molecule has 2 aromatic heterocycles. The normalized spacial score (nSPS) is 9.90. The molecule has 2 N–H and O–H groups in total. The molecule has 0 saturated carbocycles. The first kappa shape index (κ1) is 15.8. The van der Waals surface area contributed by atoms with E-state index in [1.807, 2.05) is 48.5 Å². The van der Waals surface area contributed by atoms with Crippen LogP contribution in [0.4, 0.5) is 0 Å². The molecule has 0 unspecified atom stereocenters. The molecule has 0 amide bonds. The van der Waals surface area contributed by atoms with Crippen molar-refractivity contribution in [2.45, 2.75) is 10.1 Å². The van der Waals surface area contributed by atoms with Gasteiger partial charge in [-0.05, 0) is 12.1 Å². The molecule has 0 aliphatic carbocycles. The van der Waals surface area contributed by atoms with Gasteiger partial charge in [0.2, 0.25) is 0 Å². The van der Waals surface area contributed by atoms with E-state index < -0.39 is 0 Å². The fourth-order valence-electron chi connectivity index (χ4n) is 1.87. The number of fused-ring (bicyclic) bond motifs is 2. The minimum Gasteiger partial charge on any atom is -0.760 e. The van der Waals surface area contributed by atoms with E-state index in [1.165, 1.54) is 0 Å². The molecular weight excluding hydrogens is 354 g/mol. The molecule has 7 heteroatoms. The zero-order chi connectivity index (χ0) is 13.9. The van der Waals surface area contributed by atoms with Gasteiger partial charge in [-0.2, -0.15) is 10.2 Å². The van der Waals surface area contributed by atoms with Gasteiger partial charge in [0.1, 0.15) is 0 Å². The molecule has 21 heavy (non-hydrogen) atoms. The minimum absolute atomic E-state index is 0. The Labute approximate surface area is 145 Å². The van der Waals surface area contributed by atoms with E-state index in [2.05, 4.69) is 20.4 Å². The average molecular weight is 364 g/mol. The molecule has 2 aromatic carbocycles. The molecule has 4 nitrogen and oxygen atoms in total. The van der Waals surface area contributed by atoms with Crippen LogP contribution in [0.5, 0.6) is 0 Å². The first-order chi connectivity index (χ1) is 9.75. The Kier molecular flexibility index (Phi) is 5.23. The summed E-state index contributed by atoms with van der Waals surface area (Å²) in [7, 11) is 0. The molecule has 4 rings (SSSR count). The number of hydrogen-bond acceptors (Lipinski definition) is 4. The van der Waals surface area contributed by atoms with E-state index in [-0.39, 0.29) is 19.5 Å². The number of rotatable bonds is 0. The Balaban J connectivity index is 0.000000147. The van der Waals surface area contributed by atoms with E-state index in [0.29, 0.717) is 0 Å². The average Bonchev–Trinajstić information content (AvgIpc) is 3.05. The number of H-pyrrole nitrogens is 2. The summed E-state index contributed by atoms with van der Waals surface area (Å²) in [5.74, 6) is 0. The van der Waals surface area contributed by atoms with E-state index in [4.69, 9.17) is 25.3 Å². The van der Waals surface area contributed by atoms with Crippen molar-refractivity contribution in [1.29, 1.82) is 0 Å². The third-order valence-corrected chi connectivity index (χ3v) is 3.48. The van der Waals surface area contributed by atoms with Gasteiger partial charge in [-0.1, -0.05) is 46.5 Å². The summed E-state index contributed by atoms with van der Waals surface area (Å²) in [6, 6.07) is 15.6. The van der Waals surface area contributed by atoms with Crippen LogP contribution >= 0.6 is 0 Å². The molecule has 0 atom stereocenters. The standard InChI is InChI=1S/2C7H6N2S.Zn/c2*10-7-5-3-1-2-4-6(5)8-9-7;/h2*1-4H,(H2,8,9,10);/q;;+2/p-2. The van der Waals surface area contributed by atoms with Crippen molar-refractivity contribution in [1.82, 2.24) is 20.4 Å². The van der Waals surface area contributed by atoms with Gasteiger partial charge in [0.25, 0.3) is 0 Å². The van der Waals surface area contributed by atoms with Crippen molar-refractivity contribution in [3.8, 4) is 0 Å². The molecule has 0 spiro atoms. The molecule has 0 saturated heterocycles. The molecule has 4 aromatic rings. The molecule has 0 radical (unpaired) electrons. The fourth-order valence-corrected chi connectivity index (χ4v) is 2.31. The minimum atomic E-state index is 0. The predicted molar refractivity (Wildman–Crippen MR) is 83.4 cm³/mol. The van der Waals surface area contributed by atoms with Gasteiger partial charge in [-0.15, -0.1) is 0 Å². The molecular formula is C14H10N4S2Zn. The van der Waals surface area contributed by atoms with Crippen LogP contribution in [-0.4, -0.2) is 20.4 Å². The summed E-state index contributed by atoms with van der Waals surface area (Å²) < 4.78 is 0. The van der Waals surface area contributed by atoms with Crippen molar-refractivity contribution in [3.63, 3.8) is 0 Å². The largest absolute Gasteiger partial charge is 2.00 e.